The molecular weight excluding hydrogens is 444 g/mol. The molecule has 0 saturated heterocycles. The lowest BCUT2D eigenvalue weighted by molar-refractivity contribution is 0.0920. The molecule has 1 atom stereocenters. The lowest BCUT2D eigenvalue weighted by atomic mass is 10.1. The third-order valence-corrected chi connectivity index (χ3v) is 5.20. The minimum Gasteiger partial charge on any atom is -0.489 e. The van der Waals surface area contributed by atoms with Gasteiger partial charge in [0.25, 0.3) is 5.91 Å². The number of carbonyl (C=O) groups is 1. The Labute approximate surface area is 204 Å². The van der Waals surface area contributed by atoms with Gasteiger partial charge in [-0.15, -0.1) is 0 Å². The van der Waals surface area contributed by atoms with Gasteiger partial charge in [-0.3, -0.25) is 9.78 Å². The molecule has 0 bridgehead atoms. The zero-order valence-electron chi connectivity index (χ0n) is 20.2. The van der Waals surface area contributed by atoms with Crippen LogP contribution in [0.5, 0.6) is 17.4 Å². The Morgan fingerprint density at radius 3 is 2.86 bits per heavy atom. The zero-order valence-corrected chi connectivity index (χ0v) is 20.2. The second-order valence-electron chi connectivity index (χ2n) is 8.95. The van der Waals surface area contributed by atoms with Crippen molar-refractivity contribution in [1.29, 1.82) is 0 Å². The average molecular weight is 473 g/mol. The number of likely N-dealkylation sites (N-methyl/N-ethyl adjacent to an activating group) is 1. The Balaban J connectivity index is 1.43. The molecule has 0 radical (unpaired) electrons. The summed E-state index contributed by atoms with van der Waals surface area (Å²) in [6, 6.07) is 14.1. The molecule has 2 aromatic heterocycles. The summed E-state index contributed by atoms with van der Waals surface area (Å²) in [6.07, 6.45) is 1.53. The van der Waals surface area contributed by atoms with Crippen LogP contribution >= 0.6 is 0 Å². The molecule has 8 heteroatoms. The van der Waals surface area contributed by atoms with Gasteiger partial charge in [0.2, 0.25) is 5.88 Å². The fourth-order valence-electron chi connectivity index (χ4n) is 3.55. The number of ether oxygens (including phenoxy) is 2. The van der Waals surface area contributed by atoms with Gasteiger partial charge in [-0.25, -0.2) is 4.98 Å². The van der Waals surface area contributed by atoms with Gasteiger partial charge >= 0.3 is 0 Å². The first-order valence-corrected chi connectivity index (χ1v) is 11.3. The molecule has 180 valence electrons. The Morgan fingerprint density at radius 2 is 2.09 bits per heavy atom. The molecule has 0 aliphatic carbocycles. The van der Waals surface area contributed by atoms with Crippen LogP contribution in [0.25, 0.3) is 0 Å². The van der Waals surface area contributed by atoms with E-state index >= 15 is 0 Å². The number of fused-ring (bicyclic) bond motifs is 1. The second-order valence-corrected chi connectivity index (χ2v) is 8.95. The van der Waals surface area contributed by atoms with Crippen LogP contribution in [0.3, 0.4) is 0 Å². The smallest absolute Gasteiger partial charge is 0.270 e. The van der Waals surface area contributed by atoms with E-state index in [4.69, 9.17) is 9.47 Å². The number of amides is 1. The Hall–Kier alpha value is -4.09. The van der Waals surface area contributed by atoms with E-state index in [1.54, 1.807) is 32.0 Å². The summed E-state index contributed by atoms with van der Waals surface area (Å²) in [6.45, 7) is 6.00. The van der Waals surface area contributed by atoms with E-state index in [2.05, 4.69) is 27.1 Å². The molecule has 1 aliphatic heterocycles. The fourth-order valence-corrected chi connectivity index (χ4v) is 3.55. The number of anilines is 1. The highest BCUT2D eigenvalue weighted by Gasteiger charge is 2.23. The van der Waals surface area contributed by atoms with Gasteiger partial charge < -0.3 is 24.8 Å². The molecule has 0 unspecified atom stereocenters. The molecule has 2 N–H and O–H groups in total. The van der Waals surface area contributed by atoms with Gasteiger partial charge in [0.05, 0.1) is 11.7 Å². The van der Waals surface area contributed by atoms with Gasteiger partial charge in [-0.05, 0) is 51.1 Å². The number of rotatable bonds is 4. The number of pyridine rings is 2. The molecule has 4 rings (SSSR count). The first-order valence-electron chi connectivity index (χ1n) is 11.3. The second kappa shape index (κ2) is 10.0. The molecule has 8 nitrogen and oxygen atoms in total. The van der Waals surface area contributed by atoms with Crippen LogP contribution in [-0.4, -0.2) is 52.8 Å². The molecule has 1 aliphatic rings. The predicted octanol–water partition coefficient (Wildman–Crippen LogP) is 3.33. The number of aryl methyl sites for hydroxylation is 1. The van der Waals surface area contributed by atoms with E-state index in [-0.39, 0.29) is 17.6 Å². The third-order valence-electron chi connectivity index (χ3n) is 5.20. The highest BCUT2D eigenvalue weighted by atomic mass is 16.5. The van der Waals surface area contributed by atoms with Crippen molar-refractivity contribution in [3.05, 3.63) is 71.7 Å². The quantitative estimate of drug-likeness (QED) is 0.562. The summed E-state index contributed by atoms with van der Waals surface area (Å²) in [4.78, 5) is 23.5. The van der Waals surface area contributed by atoms with Gasteiger partial charge in [-0.2, -0.15) is 0 Å². The number of hydrogen-bond acceptors (Lipinski definition) is 7. The van der Waals surface area contributed by atoms with Crippen LogP contribution in [0, 0.1) is 18.8 Å². The number of nitrogens with one attached hydrogen (secondary N) is 1. The maximum atomic E-state index is 12.9. The van der Waals surface area contributed by atoms with Crippen LogP contribution in [0.4, 0.5) is 5.69 Å². The topological polar surface area (TPSA) is 96.8 Å². The van der Waals surface area contributed by atoms with Gasteiger partial charge in [0.1, 0.15) is 29.4 Å². The predicted molar refractivity (Wildman–Crippen MR) is 133 cm³/mol. The van der Waals surface area contributed by atoms with Crippen molar-refractivity contribution in [1.82, 2.24) is 15.3 Å². The van der Waals surface area contributed by atoms with E-state index in [1.807, 2.05) is 49.2 Å². The number of benzene rings is 1. The standard InChI is InChI=1S/C27H28N4O4/c1-18-6-5-7-25(29-18)35-21-11-13-28-22(15-21)26(32)30-20-16-31(4)23-14-19(10-12-27(2,3)33)8-9-24(23)34-17-20/h5-9,11,13-15,20,33H,16-17H2,1-4H3,(H,30,32)/t20-/m1/s1. The number of aliphatic hydroxyl groups is 1. The summed E-state index contributed by atoms with van der Waals surface area (Å²) in [5, 5.41) is 12.9. The Bertz CT molecular complexity index is 1290. The fraction of sp³-hybridized carbons (Fsp3) is 0.296. The van der Waals surface area contributed by atoms with E-state index in [1.165, 1.54) is 6.20 Å². The minimum absolute atomic E-state index is 0.240. The van der Waals surface area contributed by atoms with Crippen molar-refractivity contribution in [3.8, 4) is 29.2 Å². The van der Waals surface area contributed by atoms with Crippen LogP contribution in [0.1, 0.15) is 35.6 Å². The molecule has 0 fully saturated rings. The van der Waals surface area contributed by atoms with Crippen LogP contribution < -0.4 is 19.7 Å². The largest absolute Gasteiger partial charge is 0.489 e. The van der Waals surface area contributed by atoms with Gasteiger partial charge in [0, 0.05) is 43.2 Å². The molecule has 0 saturated carbocycles. The normalized spacial score (nSPS) is 15.1. The van der Waals surface area contributed by atoms with Crippen molar-refractivity contribution in [2.24, 2.45) is 0 Å². The van der Waals surface area contributed by atoms with Crippen molar-refractivity contribution in [3.63, 3.8) is 0 Å². The number of nitrogens with zero attached hydrogens (tertiary/aromatic N) is 3. The third kappa shape index (κ3) is 6.49. The van der Waals surface area contributed by atoms with E-state index < -0.39 is 5.60 Å². The Kier molecular flexibility index (Phi) is 6.90. The molecule has 3 heterocycles. The average Bonchev–Trinajstić information content (AvgIpc) is 2.96. The summed E-state index contributed by atoms with van der Waals surface area (Å²) in [5.41, 5.74) is 1.64. The van der Waals surface area contributed by atoms with Crippen molar-refractivity contribution in [2.45, 2.75) is 32.4 Å². The van der Waals surface area contributed by atoms with Crippen LogP contribution in [0.2, 0.25) is 0 Å². The summed E-state index contributed by atoms with van der Waals surface area (Å²) in [5.74, 6) is 7.12. The Morgan fingerprint density at radius 1 is 1.26 bits per heavy atom. The highest BCUT2D eigenvalue weighted by Crippen LogP contribution is 2.31. The summed E-state index contributed by atoms with van der Waals surface area (Å²) >= 11 is 0. The van der Waals surface area contributed by atoms with Gasteiger partial charge in [-0.1, -0.05) is 17.9 Å². The molecule has 1 amide bonds. The monoisotopic (exact) mass is 472 g/mol. The lowest BCUT2D eigenvalue weighted by Crippen LogP contribution is -2.45. The van der Waals surface area contributed by atoms with Crippen molar-refractivity contribution >= 4 is 11.6 Å². The maximum absolute atomic E-state index is 12.9. The lowest BCUT2D eigenvalue weighted by Gasteiger charge is -2.22. The van der Waals surface area contributed by atoms with Crippen molar-refractivity contribution in [2.75, 3.05) is 25.1 Å². The first kappa shape index (κ1) is 24.0. The van der Waals surface area contributed by atoms with E-state index in [9.17, 15) is 9.90 Å². The minimum atomic E-state index is -1.07. The van der Waals surface area contributed by atoms with Crippen LogP contribution in [-0.2, 0) is 0 Å². The highest BCUT2D eigenvalue weighted by molar-refractivity contribution is 5.92. The van der Waals surface area contributed by atoms with E-state index in [0.717, 1.165) is 16.9 Å². The molecule has 0 spiro atoms. The molecular formula is C27H28N4O4. The van der Waals surface area contributed by atoms with Crippen LogP contribution in [0.15, 0.2) is 54.7 Å². The molecule has 3 aromatic rings. The summed E-state index contributed by atoms with van der Waals surface area (Å²) < 4.78 is 11.8. The number of aromatic nitrogens is 2. The molecule has 35 heavy (non-hydrogen) atoms. The maximum Gasteiger partial charge on any atom is 0.270 e. The zero-order chi connectivity index (χ0) is 25.0. The van der Waals surface area contributed by atoms with Gasteiger partial charge in [0.15, 0.2) is 0 Å². The molecule has 1 aromatic carbocycles. The summed E-state index contributed by atoms with van der Waals surface area (Å²) in [7, 11) is 1.93. The van der Waals surface area contributed by atoms with E-state index in [0.29, 0.717) is 30.5 Å². The number of carbonyl (C=O) groups excluding carboxylic acids is 1. The SMILES string of the molecule is Cc1cccc(Oc2ccnc(C(=O)N[C@H]3COc4ccc(C#CC(C)(C)O)cc4N(C)C3)c2)n1. The number of hydrogen-bond donors (Lipinski definition) is 2. The first-order chi connectivity index (χ1) is 16.7. The van der Waals surface area contributed by atoms with Crippen molar-refractivity contribution < 1.29 is 19.4 Å².